The number of ether oxygens (including phenoxy) is 2. The highest BCUT2D eigenvalue weighted by Gasteiger charge is 2.92. The van der Waals surface area contributed by atoms with E-state index in [-0.39, 0.29) is 13.2 Å². The highest BCUT2D eigenvalue weighted by atomic mass is 32.2. The summed E-state index contributed by atoms with van der Waals surface area (Å²) in [7, 11) is -7.04. The molecule has 0 saturated carbocycles. The van der Waals surface area contributed by atoms with Crippen molar-refractivity contribution in [2.45, 2.75) is 47.3 Å². The second-order valence-corrected chi connectivity index (χ2v) is 8.52. The molecule has 5 nitrogen and oxygen atoms in total. The van der Waals surface area contributed by atoms with Gasteiger partial charge in [-0.15, -0.1) is 0 Å². The first-order chi connectivity index (χ1) is 13.6. The highest BCUT2D eigenvalue weighted by molar-refractivity contribution is 7.90. The third-order valence-corrected chi connectivity index (χ3v) is 6.07. The fraction of sp³-hybridized carbons (Fsp3) is 1.00. The molecule has 2 unspecified atom stereocenters. The number of rotatable bonds is 10. The van der Waals surface area contributed by atoms with Gasteiger partial charge in [0.05, 0.1) is 25.4 Å². The number of hydrogen-bond acceptors (Lipinski definition) is 4. The molecule has 2 saturated heterocycles. The van der Waals surface area contributed by atoms with Crippen LogP contribution in [0.3, 0.4) is 0 Å². The van der Waals surface area contributed by atoms with Crippen LogP contribution in [0.25, 0.3) is 0 Å². The first kappa shape index (κ1) is 26.2. The average molecular weight is 511 g/mol. The molecule has 2 aliphatic rings. The second-order valence-electron chi connectivity index (χ2n) is 6.54. The third-order valence-electron chi connectivity index (χ3n) is 4.19. The first-order valence-electron chi connectivity index (χ1n) is 7.74. The van der Waals surface area contributed by atoms with Gasteiger partial charge >= 0.3 is 35.1 Å². The van der Waals surface area contributed by atoms with E-state index < -0.39 is 74.7 Å². The maximum Gasteiger partial charge on any atom is 0.460 e. The van der Waals surface area contributed by atoms with Gasteiger partial charge in [-0.3, -0.25) is 0 Å². The van der Waals surface area contributed by atoms with E-state index in [0.717, 1.165) is 0 Å². The molecule has 0 aromatic rings. The fourth-order valence-corrected chi connectivity index (χ4v) is 3.65. The summed E-state index contributed by atoms with van der Waals surface area (Å²) in [6, 6.07) is 0. The van der Waals surface area contributed by atoms with Gasteiger partial charge in [0.15, 0.2) is 0 Å². The summed E-state index contributed by atoms with van der Waals surface area (Å²) in [5.74, 6) is -32.2. The summed E-state index contributed by atoms with van der Waals surface area (Å²) in [6.45, 7) is -2.89. The van der Waals surface area contributed by atoms with Crippen molar-refractivity contribution >= 4 is 10.0 Å². The Hall–Kier alpha value is -1.08. The molecule has 0 aliphatic carbocycles. The number of alkyl halides is 13. The molecule has 2 aliphatic heterocycles. The second kappa shape index (κ2) is 7.21. The predicted molar refractivity (Wildman–Crippen MR) is 70.8 cm³/mol. The third kappa shape index (κ3) is 3.94. The molecule has 2 atom stereocenters. The van der Waals surface area contributed by atoms with Crippen LogP contribution < -0.4 is 0 Å². The molecule has 2 heterocycles. The first-order valence-corrected chi connectivity index (χ1v) is 9.18. The average Bonchev–Trinajstić information content (AvgIpc) is 3.48. The van der Waals surface area contributed by atoms with Crippen molar-refractivity contribution in [2.75, 3.05) is 26.3 Å². The van der Waals surface area contributed by atoms with Gasteiger partial charge < -0.3 is 9.47 Å². The Morgan fingerprint density at radius 1 is 0.645 bits per heavy atom. The minimum absolute atomic E-state index is 0.286. The van der Waals surface area contributed by atoms with Crippen LogP contribution in [0.1, 0.15) is 0 Å². The normalized spacial score (nSPS) is 23.9. The summed E-state index contributed by atoms with van der Waals surface area (Å²) in [4.78, 5) is 0. The van der Waals surface area contributed by atoms with Crippen molar-refractivity contribution in [3.05, 3.63) is 0 Å². The summed E-state index contributed by atoms with van der Waals surface area (Å²) in [6.07, 6.45) is -9.92. The van der Waals surface area contributed by atoms with Gasteiger partial charge in [-0.05, 0) is 0 Å². The van der Waals surface area contributed by atoms with Gasteiger partial charge in [0.1, 0.15) is 0 Å². The lowest BCUT2D eigenvalue weighted by Gasteiger charge is -2.40. The van der Waals surface area contributed by atoms with Crippen molar-refractivity contribution in [1.82, 2.24) is 4.31 Å². The molecular formula is C12H10F13NO4S. The molecule has 184 valence electrons. The zero-order valence-corrected chi connectivity index (χ0v) is 15.2. The molecule has 2 rings (SSSR count). The van der Waals surface area contributed by atoms with Crippen molar-refractivity contribution in [3.8, 4) is 0 Å². The molecule has 0 amide bonds. The van der Waals surface area contributed by atoms with Crippen LogP contribution in [0.15, 0.2) is 0 Å². The van der Waals surface area contributed by atoms with E-state index in [2.05, 4.69) is 9.47 Å². The van der Waals surface area contributed by atoms with Crippen LogP contribution in [-0.2, 0) is 19.5 Å². The van der Waals surface area contributed by atoms with E-state index in [1.165, 1.54) is 0 Å². The molecule has 31 heavy (non-hydrogen) atoms. The summed E-state index contributed by atoms with van der Waals surface area (Å²) >= 11 is 0. The fourth-order valence-electron chi connectivity index (χ4n) is 2.15. The Kier molecular flexibility index (Phi) is 6.09. The van der Waals surface area contributed by atoms with E-state index in [1.807, 2.05) is 0 Å². The minimum atomic E-state index is -8.19. The van der Waals surface area contributed by atoms with Crippen LogP contribution in [0.5, 0.6) is 0 Å². The van der Waals surface area contributed by atoms with Gasteiger partial charge in [-0.1, -0.05) is 0 Å². The molecule has 0 spiro atoms. The van der Waals surface area contributed by atoms with Crippen molar-refractivity contribution < 1.29 is 75.0 Å². The lowest BCUT2D eigenvalue weighted by Crippen LogP contribution is -2.72. The van der Waals surface area contributed by atoms with E-state index in [1.54, 1.807) is 0 Å². The Morgan fingerprint density at radius 3 is 1.26 bits per heavy atom. The number of hydrogen-bond donors (Lipinski definition) is 0. The van der Waals surface area contributed by atoms with E-state index in [0.29, 0.717) is 0 Å². The number of halogens is 13. The van der Waals surface area contributed by atoms with Crippen LogP contribution in [-0.4, -0.2) is 86.4 Å². The van der Waals surface area contributed by atoms with E-state index in [4.69, 9.17) is 0 Å². The number of epoxide rings is 2. The van der Waals surface area contributed by atoms with Crippen molar-refractivity contribution in [1.29, 1.82) is 0 Å². The Bertz CT molecular complexity index is 775. The molecule has 0 aromatic heterocycles. The molecule has 0 radical (unpaired) electrons. The lowest BCUT2D eigenvalue weighted by atomic mass is 9.98. The number of sulfonamides is 1. The number of nitrogens with zero attached hydrogens (tertiary/aromatic N) is 1. The molecular weight excluding hydrogens is 501 g/mol. The largest absolute Gasteiger partial charge is 0.460 e. The predicted octanol–water partition coefficient (Wildman–Crippen LogP) is 3.11. The van der Waals surface area contributed by atoms with Crippen LogP contribution in [0.2, 0.25) is 0 Å². The van der Waals surface area contributed by atoms with Crippen LogP contribution >= 0.6 is 0 Å². The smallest absolute Gasteiger partial charge is 0.372 e. The molecule has 0 aromatic carbocycles. The highest BCUT2D eigenvalue weighted by Crippen LogP contribution is 2.61. The maximum atomic E-state index is 14.1. The van der Waals surface area contributed by atoms with Gasteiger partial charge in [0, 0.05) is 13.1 Å². The Balaban J connectivity index is 2.50. The quantitative estimate of drug-likeness (QED) is 0.334. The summed E-state index contributed by atoms with van der Waals surface area (Å²) in [5.41, 5.74) is 0. The molecule has 19 heteroatoms. The molecule has 2 fully saturated rings. The zero-order chi connectivity index (χ0) is 24.5. The Morgan fingerprint density at radius 2 is 0.968 bits per heavy atom. The maximum absolute atomic E-state index is 14.1. The van der Waals surface area contributed by atoms with Gasteiger partial charge in [0.25, 0.3) is 10.0 Å². The van der Waals surface area contributed by atoms with Crippen LogP contribution in [0, 0.1) is 0 Å². The van der Waals surface area contributed by atoms with E-state index >= 15 is 0 Å². The van der Waals surface area contributed by atoms with Gasteiger partial charge in [-0.2, -0.15) is 61.4 Å². The molecule has 0 N–H and O–H groups in total. The topological polar surface area (TPSA) is 62.4 Å². The summed E-state index contributed by atoms with van der Waals surface area (Å²) in [5, 5.41) is -7.25. The monoisotopic (exact) mass is 511 g/mol. The Labute approximate surface area is 164 Å². The van der Waals surface area contributed by atoms with Gasteiger partial charge in [0.2, 0.25) is 0 Å². The lowest BCUT2D eigenvalue weighted by molar-refractivity contribution is -0.433. The van der Waals surface area contributed by atoms with E-state index in [9.17, 15) is 65.5 Å². The SMILES string of the molecule is O=S(=O)(N(CC1CO1)CC1CO1)C(F)(F)C(F)(F)C(F)(F)C(F)(F)C(F)(F)C(F)(F)F. The van der Waals surface area contributed by atoms with Crippen LogP contribution in [0.4, 0.5) is 57.1 Å². The zero-order valence-electron chi connectivity index (χ0n) is 14.4. The molecule has 0 bridgehead atoms. The van der Waals surface area contributed by atoms with Gasteiger partial charge in [-0.25, -0.2) is 8.42 Å². The van der Waals surface area contributed by atoms with Crippen molar-refractivity contribution in [2.24, 2.45) is 0 Å². The summed E-state index contributed by atoms with van der Waals surface area (Å²) < 4.78 is 203. The standard InChI is InChI=1S/C12H10F13NO4S/c13-7(14,9(17,18)11(21,22)23)8(15,16)10(19,20)12(24,25)31(27,28)26(1-5-3-29-5)2-6-4-30-6/h5-6H,1-4H2. The van der Waals surface area contributed by atoms with Crippen molar-refractivity contribution in [3.63, 3.8) is 0 Å². The minimum Gasteiger partial charge on any atom is -0.372 e.